The van der Waals surface area contributed by atoms with Crippen LogP contribution in [0.1, 0.15) is 17.3 Å². The molecule has 0 aromatic heterocycles. The Balaban J connectivity index is 3.11. The average molecular weight is 305 g/mol. The highest BCUT2D eigenvalue weighted by atomic mass is 19.4. The number of nitrogens with one attached hydrogen (secondary N) is 1. The third-order valence-corrected chi connectivity index (χ3v) is 2.71. The number of aliphatic hydroxyl groups is 1. The summed E-state index contributed by atoms with van der Waals surface area (Å²) in [5.41, 5.74) is 6.09. The fourth-order valence-corrected chi connectivity index (χ4v) is 1.84. The molecule has 0 unspecified atom stereocenters. The van der Waals surface area contributed by atoms with Gasteiger partial charge in [-0.3, -0.25) is 4.79 Å². The lowest BCUT2D eigenvalue weighted by Crippen LogP contribution is -2.37. The summed E-state index contributed by atoms with van der Waals surface area (Å²) in [6.45, 7) is 0.194. The van der Waals surface area contributed by atoms with E-state index in [1.807, 2.05) is 0 Å². The van der Waals surface area contributed by atoms with Gasteiger partial charge in [-0.2, -0.15) is 13.2 Å². The van der Waals surface area contributed by atoms with Gasteiger partial charge in [0.1, 0.15) is 6.54 Å². The van der Waals surface area contributed by atoms with Crippen LogP contribution in [-0.4, -0.2) is 43.4 Å². The first-order chi connectivity index (χ1) is 9.78. The van der Waals surface area contributed by atoms with Crippen molar-refractivity contribution in [3.63, 3.8) is 0 Å². The Morgan fingerprint density at radius 3 is 2.62 bits per heavy atom. The van der Waals surface area contributed by atoms with Crippen LogP contribution in [0.2, 0.25) is 0 Å². The van der Waals surface area contributed by atoms with Crippen LogP contribution in [-0.2, 0) is 0 Å². The number of nitrogen functional groups attached to an aromatic ring is 1. The molecule has 4 N–H and O–H groups in total. The maximum Gasteiger partial charge on any atom is 0.405 e. The van der Waals surface area contributed by atoms with Crippen molar-refractivity contribution in [1.29, 1.82) is 0 Å². The molecule has 0 bridgehead atoms. The van der Waals surface area contributed by atoms with Gasteiger partial charge < -0.3 is 21.1 Å². The average Bonchev–Trinajstić information content (AvgIpc) is 2.37. The van der Waals surface area contributed by atoms with E-state index in [0.29, 0.717) is 6.54 Å². The molecule has 1 aromatic rings. The van der Waals surface area contributed by atoms with Crippen molar-refractivity contribution in [1.82, 2.24) is 5.32 Å². The predicted molar refractivity (Wildman–Crippen MR) is 74.2 cm³/mol. The summed E-state index contributed by atoms with van der Waals surface area (Å²) in [6.07, 6.45) is -4.44. The Morgan fingerprint density at radius 2 is 2.10 bits per heavy atom. The molecule has 118 valence electrons. The first kappa shape index (κ1) is 17.1. The summed E-state index contributed by atoms with van der Waals surface area (Å²) in [5, 5.41) is 11.5. The second kappa shape index (κ2) is 7.16. The lowest BCUT2D eigenvalue weighted by atomic mass is 10.1. The molecular weight excluding hydrogens is 287 g/mol. The molecule has 0 heterocycles. The standard InChI is InChI=1S/C13H18F3N3O2/c1-2-18-12(21)9-3-4-10(17)11(7-9)19(5-6-20)8-13(14,15)16/h3-4,7,20H,2,5-6,8,17H2,1H3,(H,18,21). The number of alkyl halides is 3. The molecule has 1 rings (SSSR count). The van der Waals surface area contributed by atoms with Gasteiger partial charge in [0.05, 0.1) is 18.0 Å². The molecule has 0 aliphatic carbocycles. The number of hydrogen-bond acceptors (Lipinski definition) is 4. The first-order valence-corrected chi connectivity index (χ1v) is 6.38. The normalized spacial score (nSPS) is 11.3. The van der Waals surface area contributed by atoms with E-state index in [1.165, 1.54) is 18.2 Å². The Hall–Kier alpha value is -1.96. The van der Waals surface area contributed by atoms with Gasteiger partial charge in [-0.15, -0.1) is 0 Å². The summed E-state index contributed by atoms with van der Waals surface area (Å²) < 4.78 is 37.7. The van der Waals surface area contributed by atoms with Gasteiger partial charge in [0, 0.05) is 18.7 Å². The van der Waals surface area contributed by atoms with Crippen LogP contribution in [0.25, 0.3) is 0 Å². The van der Waals surface area contributed by atoms with Crippen LogP contribution < -0.4 is 16.0 Å². The highest BCUT2D eigenvalue weighted by Crippen LogP contribution is 2.28. The number of halogens is 3. The van der Waals surface area contributed by atoms with E-state index in [4.69, 9.17) is 10.8 Å². The minimum atomic E-state index is -4.44. The molecule has 0 aliphatic rings. The summed E-state index contributed by atoms with van der Waals surface area (Å²) in [5.74, 6) is -0.394. The largest absolute Gasteiger partial charge is 0.405 e. The zero-order chi connectivity index (χ0) is 16.0. The van der Waals surface area contributed by atoms with Crippen molar-refractivity contribution < 1.29 is 23.1 Å². The number of amides is 1. The molecule has 0 radical (unpaired) electrons. The van der Waals surface area contributed by atoms with Crippen molar-refractivity contribution in [2.75, 3.05) is 36.9 Å². The Kier molecular flexibility index (Phi) is 5.83. The molecule has 0 spiro atoms. The molecule has 0 saturated carbocycles. The monoisotopic (exact) mass is 305 g/mol. The second-order valence-electron chi connectivity index (χ2n) is 4.39. The minimum absolute atomic E-state index is 0.0742. The highest BCUT2D eigenvalue weighted by Gasteiger charge is 2.31. The molecular formula is C13H18F3N3O2. The molecule has 1 amide bonds. The molecule has 0 atom stereocenters. The van der Waals surface area contributed by atoms with E-state index in [1.54, 1.807) is 6.92 Å². The Morgan fingerprint density at radius 1 is 1.43 bits per heavy atom. The number of aliphatic hydroxyl groups excluding tert-OH is 1. The van der Waals surface area contributed by atoms with Crippen LogP contribution in [0, 0.1) is 0 Å². The number of benzene rings is 1. The van der Waals surface area contributed by atoms with Crippen LogP contribution in [0.15, 0.2) is 18.2 Å². The van der Waals surface area contributed by atoms with Gasteiger partial charge >= 0.3 is 6.18 Å². The molecule has 8 heteroatoms. The lowest BCUT2D eigenvalue weighted by molar-refractivity contribution is -0.119. The van der Waals surface area contributed by atoms with E-state index >= 15 is 0 Å². The molecule has 21 heavy (non-hydrogen) atoms. The van der Waals surface area contributed by atoms with Crippen LogP contribution >= 0.6 is 0 Å². The van der Waals surface area contributed by atoms with Crippen molar-refractivity contribution >= 4 is 17.3 Å². The zero-order valence-electron chi connectivity index (χ0n) is 11.6. The SMILES string of the molecule is CCNC(=O)c1ccc(N)c(N(CCO)CC(F)(F)F)c1. The quantitative estimate of drug-likeness (QED) is 0.694. The van der Waals surface area contributed by atoms with Crippen LogP contribution in [0.4, 0.5) is 24.5 Å². The maximum atomic E-state index is 12.6. The number of hydrogen-bond donors (Lipinski definition) is 3. The Labute approximate surface area is 120 Å². The van der Waals surface area contributed by atoms with Crippen molar-refractivity contribution in [3.8, 4) is 0 Å². The van der Waals surface area contributed by atoms with E-state index in [0.717, 1.165) is 4.90 Å². The smallest absolute Gasteiger partial charge is 0.397 e. The summed E-state index contributed by atoms with van der Waals surface area (Å²) in [4.78, 5) is 12.6. The maximum absolute atomic E-state index is 12.6. The van der Waals surface area contributed by atoms with Crippen LogP contribution in [0.3, 0.4) is 0 Å². The van der Waals surface area contributed by atoms with E-state index in [-0.39, 0.29) is 23.5 Å². The second-order valence-corrected chi connectivity index (χ2v) is 4.39. The zero-order valence-corrected chi connectivity index (χ0v) is 11.6. The summed E-state index contributed by atoms with van der Waals surface area (Å²) >= 11 is 0. The number of nitrogens with zero attached hydrogens (tertiary/aromatic N) is 1. The lowest BCUT2D eigenvalue weighted by Gasteiger charge is -2.26. The summed E-state index contributed by atoms with van der Waals surface area (Å²) in [7, 11) is 0. The number of nitrogens with two attached hydrogens (primary N) is 1. The van der Waals surface area contributed by atoms with Gasteiger partial charge in [-0.1, -0.05) is 0 Å². The van der Waals surface area contributed by atoms with E-state index < -0.39 is 25.2 Å². The summed E-state index contributed by atoms with van der Waals surface area (Å²) in [6, 6.07) is 4.11. The van der Waals surface area contributed by atoms with E-state index in [2.05, 4.69) is 5.32 Å². The van der Waals surface area contributed by atoms with Gasteiger partial charge in [0.15, 0.2) is 0 Å². The van der Waals surface area contributed by atoms with Crippen molar-refractivity contribution in [2.45, 2.75) is 13.1 Å². The number of carbonyl (C=O) groups is 1. The predicted octanol–water partition coefficient (Wildman–Crippen LogP) is 1.38. The fourth-order valence-electron chi connectivity index (χ4n) is 1.84. The number of carbonyl (C=O) groups excluding carboxylic acids is 1. The molecule has 0 saturated heterocycles. The van der Waals surface area contributed by atoms with Crippen molar-refractivity contribution in [2.24, 2.45) is 0 Å². The third-order valence-electron chi connectivity index (χ3n) is 2.71. The Bertz CT molecular complexity index is 492. The van der Waals surface area contributed by atoms with Gasteiger partial charge in [0.25, 0.3) is 5.91 Å². The van der Waals surface area contributed by atoms with Gasteiger partial charge in [0.2, 0.25) is 0 Å². The van der Waals surface area contributed by atoms with Gasteiger partial charge in [-0.05, 0) is 25.1 Å². The van der Waals surface area contributed by atoms with E-state index in [9.17, 15) is 18.0 Å². The molecule has 0 aliphatic heterocycles. The molecule has 0 fully saturated rings. The van der Waals surface area contributed by atoms with Crippen LogP contribution in [0.5, 0.6) is 0 Å². The first-order valence-electron chi connectivity index (χ1n) is 6.38. The van der Waals surface area contributed by atoms with Crippen molar-refractivity contribution in [3.05, 3.63) is 23.8 Å². The van der Waals surface area contributed by atoms with Gasteiger partial charge in [-0.25, -0.2) is 0 Å². The minimum Gasteiger partial charge on any atom is -0.397 e. The highest BCUT2D eigenvalue weighted by molar-refractivity contribution is 5.96. The number of anilines is 2. The molecule has 5 nitrogen and oxygen atoms in total. The molecule has 1 aromatic carbocycles. The fraction of sp³-hybridized carbons (Fsp3) is 0.462. The number of rotatable bonds is 6. The topological polar surface area (TPSA) is 78.6 Å². The third kappa shape index (κ3) is 5.14.